The lowest BCUT2D eigenvalue weighted by Crippen LogP contribution is -2.27. The first-order valence-electron chi connectivity index (χ1n) is 7.07. The first-order valence-corrected chi connectivity index (χ1v) is 8.27. The van der Waals surface area contributed by atoms with Crippen molar-refractivity contribution in [3.05, 3.63) is 50.7 Å². The van der Waals surface area contributed by atoms with Crippen molar-refractivity contribution in [2.24, 2.45) is 0 Å². The number of hydrogen-bond donors (Lipinski definition) is 2. The molecule has 2 aromatic rings. The Morgan fingerprint density at radius 3 is 3.00 bits per heavy atom. The fourth-order valence-corrected chi connectivity index (χ4v) is 3.97. The first kappa shape index (κ1) is 14.6. The van der Waals surface area contributed by atoms with E-state index in [2.05, 4.69) is 16.7 Å². The second-order valence-corrected chi connectivity index (χ2v) is 6.83. The molecule has 3 nitrogen and oxygen atoms in total. The number of aryl methyl sites for hydroxylation is 2. The van der Waals surface area contributed by atoms with Gasteiger partial charge in [-0.15, -0.1) is 11.3 Å². The Morgan fingerprint density at radius 2 is 2.19 bits per heavy atom. The van der Waals surface area contributed by atoms with Crippen LogP contribution in [-0.4, -0.2) is 12.5 Å². The van der Waals surface area contributed by atoms with Crippen LogP contribution in [0.4, 0.5) is 5.69 Å². The van der Waals surface area contributed by atoms with Gasteiger partial charge < -0.3 is 10.6 Å². The zero-order chi connectivity index (χ0) is 14.7. The van der Waals surface area contributed by atoms with E-state index in [1.54, 1.807) is 12.1 Å². The lowest BCUT2D eigenvalue weighted by atomic mass is 10.2. The van der Waals surface area contributed by atoms with E-state index in [-0.39, 0.29) is 5.91 Å². The van der Waals surface area contributed by atoms with E-state index in [4.69, 9.17) is 11.6 Å². The molecule has 0 unspecified atom stereocenters. The zero-order valence-electron chi connectivity index (χ0n) is 11.6. The van der Waals surface area contributed by atoms with Gasteiger partial charge in [-0.05, 0) is 49.1 Å². The van der Waals surface area contributed by atoms with E-state index in [1.807, 2.05) is 23.5 Å². The minimum Gasteiger partial charge on any atom is -0.325 e. The third-order valence-electron chi connectivity index (χ3n) is 3.49. The molecule has 0 saturated carbocycles. The molecule has 110 valence electrons. The Bertz CT molecular complexity index is 632. The van der Waals surface area contributed by atoms with E-state index in [1.165, 1.54) is 34.6 Å². The van der Waals surface area contributed by atoms with Crippen LogP contribution in [0, 0.1) is 0 Å². The van der Waals surface area contributed by atoms with Gasteiger partial charge in [0.2, 0.25) is 5.91 Å². The van der Waals surface area contributed by atoms with Crippen LogP contribution >= 0.6 is 22.9 Å². The van der Waals surface area contributed by atoms with Gasteiger partial charge in [0.05, 0.1) is 6.54 Å². The number of benzene rings is 1. The van der Waals surface area contributed by atoms with E-state index in [0.29, 0.717) is 11.6 Å². The second-order valence-electron chi connectivity index (χ2n) is 5.18. The molecule has 2 N–H and O–H groups in total. The molecule has 0 radical (unpaired) electrons. The maximum Gasteiger partial charge on any atom is 0.238 e. The van der Waals surface area contributed by atoms with Gasteiger partial charge in [-0.25, -0.2) is 0 Å². The highest BCUT2D eigenvalue weighted by molar-refractivity contribution is 7.12. The predicted molar refractivity (Wildman–Crippen MR) is 88.1 cm³/mol. The van der Waals surface area contributed by atoms with Crippen LogP contribution < -0.4 is 10.6 Å². The number of thiophene rings is 1. The molecule has 0 aliphatic heterocycles. The molecule has 1 aliphatic rings. The number of anilines is 1. The average Bonchev–Trinajstić information content (AvgIpc) is 2.99. The summed E-state index contributed by atoms with van der Waals surface area (Å²) < 4.78 is 0. The monoisotopic (exact) mass is 320 g/mol. The fourth-order valence-electron chi connectivity index (χ4n) is 2.55. The van der Waals surface area contributed by atoms with Crippen LogP contribution in [0.15, 0.2) is 30.3 Å². The van der Waals surface area contributed by atoms with Crippen LogP contribution in [0.3, 0.4) is 0 Å². The fraction of sp³-hybridized carbons (Fsp3) is 0.312. The van der Waals surface area contributed by atoms with Gasteiger partial charge in [0.1, 0.15) is 0 Å². The van der Waals surface area contributed by atoms with Crippen LogP contribution in [0.1, 0.15) is 21.7 Å². The molecule has 0 bridgehead atoms. The summed E-state index contributed by atoms with van der Waals surface area (Å²) in [5, 5.41) is 6.64. The molecule has 1 aromatic carbocycles. The van der Waals surface area contributed by atoms with Gasteiger partial charge in [0, 0.05) is 27.0 Å². The van der Waals surface area contributed by atoms with E-state index < -0.39 is 0 Å². The van der Waals surface area contributed by atoms with Gasteiger partial charge >= 0.3 is 0 Å². The van der Waals surface area contributed by atoms with Crippen molar-refractivity contribution < 1.29 is 4.79 Å². The number of rotatable bonds is 5. The summed E-state index contributed by atoms with van der Waals surface area (Å²) in [4.78, 5) is 14.7. The number of carbonyl (C=O) groups is 1. The van der Waals surface area contributed by atoms with Crippen molar-refractivity contribution >= 4 is 34.5 Å². The highest BCUT2D eigenvalue weighted by Crippen LogP contribution is 2.30. The van der Waals surface area contributed by atoms with Crippen molar-refractivity contribution in [2.75, 3.05) is 11.9 Å². The molecule has 5 heteroatoms. The van der Waals surface area contributed by atoms with Gasteiger partial charge in [-0.3, -0.25) is 4.79 Å². The number of amides is 1. The van der Waals surface area contributed by atoms with Crippen LogP contribution in [-0.2, 0) is 24.2 Å². The lowest BCUT2D eigenvalue weighted by Gasteiger charge is -2.06. The van der Waals surface area contributed by atoms with Crippen molar-refractivity contribution in [1.82, 2.24) is 5.32 Å². The topological polar surface area (TPSA) is 41.1 Å². The maximum absolute atomic E-state index is 11.8. The van der Waals surface area contributed by atoms with E-state index in [9.17, 15) is 4.79 Å². The summed E-state index contributed by atoms with van der Waals surface area (Å²) in [5.74, 6) is -0.0543. The van der Waals surface area contributed by atoms with Crippen molar-refractivity contribution in [3.8, 4) is 0 Å². The van der Waals surface area contributed by atoms with Crippen LogP contribution in [0.25, 0.3) is 0 Å². The number of hydrogen-bond acceptors (Lipinski definition) is 3. The number of fused-ring (bicyclic) bond motifs is 1. The third-order valence-corrected chi connectivity index (χ3v) is 4.96. The molecule has 3 rings (SSSR count). The lowest BCUT2D eigenvalue weighted by molar-refractivity contribution is -0.115. The van der Waals surface area contributed by atoms with Crippen molar-refractivity contribution in [3.63, 3.8) is 0 Å². The third kappa shape index (κ3) is 3.84. The Labute approximate surface area is 133 Å². The molecule has 21 heavy (non-hydrogen) atoms. The van der Waals surface area contributed by atoms with Gasteiger partial charge in [0.25, 0.3) is 0 Å². The molecule has 0 atom stereocenters. The Kier molecular flexibility index (Phi) is 4.58. The molecule has 0 spiro atoms. The molecule has 1 heterocycles. The van der Waals surface area contributed by atoms with Gasteiger partial charge in [0.15, 0.2) is 0 Å². The predicted octanol–water partition coefficient (Wildman–Crippen LogP) is 3.62. The maximum atomic E-state index is 11.8. The number of nitrogens with one attached hydrogen (secondary N) is 2. The normalized spacial score (nSPS) is 13.2. The largest absolute Gasteiger partial charge is 0.325 e. The Hall–Kier alpha value is -1.36. The van der Waals surface area contributed by atoms with Gasteiger partial charge in [-0.2, -0.15) is 0 Å². The Balaban J connectivity index is 1.45. The quantitative estimate of drug-likeness (QED) is 0.883. The summed E-state index contributed by atoms with van der Waals surface area (Å²) in [6.07, 6.45) is 3.72. The molecule has 1 aromatic heterocycles. The highest BCUT2D eigenvalue weighted by atomic mass is 35.5. The molecular weight excluding hydrogens is 304 g/mol. The molecular formula is C16H17ClN2OS. The zero-order valence-corrected chi connectivity index (χ0v) is 13.2. The SMILES string of the molecule is O=C(CNCc1cc2c(s1)CCC2)Nc1cccc(Cl)c1. The minimum atomic E-state index is -0.0543. The van der Waals surface area contributed by atoms with Crippen LogP contribution in [0.2, 0.25) is 5.02 Å². The number of halogens is 1. The summed E-state index contributed by atoms with van der Waals surface area (Å²) in [5.41, 5.74) is 2.23. The number of carbonyl (C=O) groups excluding carboxylic acids is 1. The molecule has 1 amide bonds. The Morgan fingerprint density at radius 1 is 1.29 bits per heavy atom. The van der Waals surface area contributed by atoms with E-state index in [0.717, 1.165) is 12.2 Å². The summed E-state index contributed by atoms with van der Waals surface area (Å²) >= 11 is 7.75. The van der Waals surface area contributed by atoms with E-state index >= 15 is 0 Å². The molecule has 0 saturated heterocycles. The van der Waals surface area contributed by atoms with Crippen molar-refractivity contribution in [2.45, 2.75) is 25.8 Å². The summed E-state index contributed by atoms with van der Waals surface area (Å²) in [6.45, 7) is 1.05. The summed E-state index contributed by atoms with van der Waals surface area (Å²) in [7, 11) is 0. The minimum absolute atomic E-state index is 0.0543. The first-order chi connectivity index (χ1) is 10.2. The smallest absolute Gasteiger partial charge is 0.238 e. The average molecular weight is 321 g/mol. The van der Waals surface area contributed by atoms with Gasteiger partial charge in [-0.1, -0.05) is 17.7 Å². The molecule has 0 fully saturated rings. The molecule has 1 aliphatic carbocycles. The van der Waals surface area contributed by atoms with Crippen molar-refractivity contribution in [1.29, 1.82) is 0 Å². The summed E-state index contributed by atoms with van der Waals surface area (Å²) in [6, 6.07) is 9.44. The second kappa shape index (κ2) is 6.60. The van der Waals surface area contributed by atoms with Crippen LogP contribution in [0.5, 0.6) is 0 Å². The highest BCUT2D eigenvalue weighted by Gasteiger charge is 2.14. The standard InChI is InChI=1S/C16H17ClN2OS/c17-12-4-2-5-13(8-12)19-16(20)10-18-9-14-7-11-3-1-6-15(11)21-14/h2,4-5,7-8,18H,1,3,6,9-10H2,(H,19,20).